The van der Waals surface area contributed by atoms with Crippen molar-refractivity contribution in [3.8, 4) is 0 Å². The first kappa shape index (κ1) is 25.1. The van der Waals surface area contributed by atoms with Crippen molar-refractivity contribution in [1.82, 2.24) is 0 Å². The first-order valence-corrected chi connectivity index (χ1v) is 13.6. The normalized spacial score (nSPS) is 12.3. The van der Waals surface area contributed by atoms with Gasteiger partial charge in [-0.25, -0.2) is 8.42 Å². The summed E-state index contributed by atoms with van der Waals surface area (Å²) in [7, 11) is -3.73. The van der Waals surface area contributed by atoms with Crippen molar-refractivity contribution in [2.75, 3.05) is 15.9 Å². The summed E-state index contributed by atoms with van der Waals surface area (Å²) in [5.74, 6) is 0.389. The number of anilines is 2. The number of rotatable bonds is 8. The molecule has 0 aliphatic heterocycles. The van der Waals surface area contributed by atoms with Gasteiger partial charge in [0.2, 0.25) is 15.9 Å². The maximum absolute atomic E-state index is 13.1. The fourth-order valence-corrected chi connectivity index (χ4v) is 5.73. The fraction of sp³-hybridized carbons (Fsp3) is 0.240. The number of amides is 1. The molecule has 3 aromatic carbocycles. The number of benzene rings is 3. The minimum atomic E-state index is -3.73. The van der Waals surface area contributed by atoms with Crippen LogP contribution < -0.4 is 9.62 Å². The SMILES string of the molecule is Cc1cc(CSc2ccccc2)ccc1NC(=O)[C@@H](C)N(c1cc(Cl)ccc1C)S(C)(=O)=O. The molecule has 0 aromatic heterocycles. The number of halogens is 1. The lowest BCUT2D eigenvalue weighted by atomic mass is 10.1. The molecule has 8 heteroatoms. The molecule has 3 rings (SSSR count). The number of carbonyl (C=O) groups is 1. The zero-order valence-corrected chi connectivity index (χ0v) is 21.4. The van der Waals surface area contributed by atoms with E-state index in [0.717, 1.165) is 27.4 Å². The number of hydrogen-bond acceptors (Lipinski definition) is 4. The maximum Gasteiger partial charge on any atom is 0.248 e. The molecule has 5 nitrogen and oxygen atoms in total. The van der Waals surface area contributed by atoms with Gasteiger partial charge >= 0.3 is 0 Å². The predicted octanol–water partition coefficient (Wildman–Crippen LogP) is 6.04. The van der Waals surface area contributed by atoms with Gasteiger partial charge in [-0.2, -0.15) is 0 Å². The zero-order chi connectivity index (χ0) is 24.2. The average Bonchev–Trinajstić information content (AvgIpc) is 2.76. The largest absolute Gasteiger partial charge is 0.324 e. The number of aryl methyl sites for hydroxylation is 2. The number of nitrogens with one attached hydrogen (secondary N) is 1. The topological polar surface area (TPSA) is 66.5 Å². The third-order valence-electron chi connectivity index (χ3n) is 5.19. The Morgan fingerprint density at radius 2 is 1.73 bits per heavy atom. The smallest absolute Gasteiger partial charge is 0.248 e. The summed E-state index contributed by atoms with van der Waals surface area (Å²) in [6.07, 6.45) is 1.08. The molecule has 1 N–H and O–H groups in total. The maximum atomic E-state index is 13.1. The number of carbonyl (C=O) groups excluding carboxylic acids is 1. The van der Waals surface area contributed by atoms with Crippen molar-refractivity contribution in [3.05, 3.63) is 88.4 Å². The second-order valence-electron chi connectivity index (χ2n) is 7.91. The third kappa shape index (κ3) is 6.53. The highest BCUT2D eigenvalue weighted by atomic mass is 35.5. The molecule has 174 valence electrons. The van der Waals surface area contributed by atoms with E-state index in [1.54, 1.807) is 43.8 Å². The van der Waals surface area contributed by atoms with Gasteiger partial charge in [-0.05, 0) is 67.8 Å². The number of nitrogens with zero attached hydrogens (tertiary/aromatic N) is 1. The van der Waals surface area contributed by atoms with E-state index < -0.39 is 22.0 Å². The molecule has 1 amide bonds. The molecule has 0 aliphatic rings. The van der Waals surface area contributed by atoms with Gasteiger partial charge in [0.1, 0.15) is 6.04 Å². The summed E-state index contributed by atoms with van der Waals surface area (Å²) < 4.78 is 26.3. The Morgan fingerprint density at radius 1 is 1.03 bits per heavy atom. The van der Waals surface area contributed by atoms with Crippen molar-refractivity contribution < 1.29 is 13.2 Å². The minimum Gasteiger partial charge on any atom is -0.324 e. The molecule has 0 fully saturated rings. The molecule has 0 spiro atoms. The van der Waals surface area contributed by atoms with E-state index >= 15 is 0 Å². The highest BCUT2D eigenvalue weighted by molar-refractivity contribution is 7.98. The summed E-state index contributed by atoms with van der Waals surface area (Å²) in [4.78, 5) is 14.3. The lowest BCUT2D eigenvalue weighted by Gasteiger charge is -2.29. The van der Waals surface area contributed by atoms with Gasteiger partial charge in [-0.3, -0.25) is 9.10 Å². The van der Waals surface area contributed by atoms with Crippen LogP contribution in [0.1, 0.15) is 23.6 Å². The Hall–Kier alpha value is -2.48. The first-order chi connectivity index (χ1) is 15.6. The Bertz CT molecular complexity index is 1250. The second-order valence-corrected chi connectivity index (χ2v) is 11.3. The average molecular weight is 503 g/mol. The molecule has 1 atom stereocenters. The summed E-state index contributed by atoms with van der Waals surface area (Å²) in [5, 5.41) is 3.28. The van der Waals surface area contributed by atoms with Crippen LogP contribution >= 0.6 is 23.4 Å². The monoisotopic (exact) mass is 502 g/mol. The van der Waals surface area contributed by atoms with Crippen LogP contribution in [0.2, 0.25) is 5.02 Å². The molecule has 0 unspecified atom stereocenters. The summed E-state index contributed by atoms with van der Waals surface area (Å²) >= 11 is 7.84. The molecule has 0 saturated heterocycles. The Balaban J connectivity index is 1.76. The molecule has 0 saturated carbocycles. The lowest BCUT2D eigenvalue weighted by molar-refractivity contribution is -0.116. The van der Waals surface area contributed by atoms with E-state index in [1.807, 2.05) is 43.3 Å². The van der Waals surface area contributed by atoms with E-state index in [2.05, 4.69) is 17.4 Å². The van der Waals surface area contributed by atoms with Gasteiger partial charge in [0.25, 0.3) is 0 Å². The van der Waals surface area contributed by atoms with E-state index in [9.17, 15) is 13.2 Å². The van der Waals surface area contributed by atoms with Gasteiger partial charge < -0.3 is 5.32 Å². The number of hydrogen-bond donors (Lipinski definition) is 1. The Labute approximate surface area is 205 Å². The summed E-state index contributed by atoms with van der Waals surface area (Å²) in [6.45, 7) is 5.27. The molecule has 33 heavy (non-hydrogen) atoms. The van der Waals surface area contributed by atoms with Gasteiger partial charge in [-0.1, -0.05) is 48.0 Å². The molecule has 0 heterocycles. The van der Waals surface area contributed by atoms with Gasteiger partial charge in [-0.15, -0.1) is 11.8 Å². The van der Waals surface area contributed by atoms with E-state index in [4.69, 9.17) is 11.6 Å². The molecular weight excluding hydrogens is 476 g/mol. The quantitative estimate of drug-likeness (QED) is 0.381. The minimum absolute atomic E-state index is 0.387. The van der Waals surface area contributed by atoms with Crippen LogP contribution in [0.3, 0.4) is 0 Å². The Kier molecular flexibility index (Phi) is 8.10. The van der Waals surface area contributed by atoms with Gasteiger partial charge in [0.15, 0.2) is 0 Å². The van der Waals surface area contributed by atoms with Crippen molar-refractivity contribution in [1.29, 1.82) is 0 Å². The highest BCUT2D eigenvalue weighted by Gasteiger charge is 2.30. The molecule has 3 aromatic rings. The van der Waals surface area contributed by atoms with Crippen LogP contribution in [0.15, 0.2) is 71.6 Å². The molecular formula is C25H27ClN2O3S2. The van der Waals surface area contributed by atoms with E-state index in [0.29, 0.717) is 22.0 Å². The summed E-state index contributed by atoms with van der Waals surface area (Å²) in [6, 6.07) is 20.0. The van der Waals surface area contributed by atoms with Gasteiger partial charge in [0.05, 0.1) is 11.9 Å². The predicted molar refractivity (Wildman–Crippen MR) is 139 cm³/mol. The van der Waals surface area contributed by atoms with Crippen molar-refractivity contribution in [3.63, 3.8) is 0 Å². The van der Waals surface area contributed by atoms with Crippen molar-refractivity contribution in [2.45, 2.75) is 37.5 Å². The van der Waals surface area contributed by atoms with Crippen LogP contribution in [-0.2, 0) is 20.6 Å². The fourth-order valence-electron chi connectivity index (χ4n) is 3.48. The third-order valence-corrected chi connectivity index (χ3v) is 7.74. The number of sulfonamides is 1. The van der Waals surface area contributed by atoms with Crippen LogP contribution in [0.25, 0.3) is 0 Å². The van der Waals surface area contributed by atoms with Crippen LogP contribution in [0, 0.1) is 13.8 Å². The highest BCUT2D eigenvalue weighted by Crippen LogP contribution is 2.29. The molecule has 0 radical (unpaired) electrons. The molecule has 0 bridgehead atoms. The Morgan fingerprint density at radius 3 is 2.36 bits per heavy atom. The van der Waals surface area contributed by atoms with Gasteiger partial charge in [0, 0.05) is 21.4 Å². The van der Waals surface area contributed by atoms with Crippen LogP contribution in [0.4, 0.5) is 11.4 Å². The summed E-state index contributed by atoms with van der Waals surface area (Å²) in [5.41, 5.74) is 3.79. The zero-order valence-electron chi connectivity index (χ0n) is 19.0. The molecule has 0 aliphatic carbocycles. The standard InChI is InChI=1S/C25H27ClN2O3S2/c1-17-10-12-21(26)15-24(17)28(33(4,30)31)19(3)25(29)27-23-13-11-20(14-18(23)2)16-32-22-8-6-5-7-9-22/h5-15,19H,16H2,1-4H3,(H,27,29)/t19-/m1/s1. The van der Waals surface area contributed by atoms with Crippen molar-refractivity contribution in [2.24, 2.45) is 0 Å². The van der Waals surface area contributed by atoms with Crippen LogP contribution in [-0.4, -0.2) is 26.6 Å². The second kappa shape index (κ2) is 10.6. The van der Waals surface area contributed by atoms with Crippen molar-refractivity contribution >= 4 is 50.7 Å². The van der Waals surface area contributed by atoms with E-state index in [-0.39, 0.29) is 0 Å². The lowest BCUT2D eigenvalue weighted by Crippen LogP contribution is -2.45. The number of thioether (sulfide) groups is 1. The van der Waals surface area contributed by atoms with E-state index in [1.165, 1.54) is 4.90 Å². The first-order valence-electron chi connectivity index (χ1n) is 10.4. The van der Waals surface area contributed by atoms with Crippen LogP contribution in [0.5, 0.6) is 0 Å².